The van der Waals surface area contributed by atoms with Crippen molar-refractivity contribution in [2.24, 2.45) is 23.0 Å². The van der Waals surface area contributed by atoms with Crippen molar-refractivity contribution < 1.29 is 34.8 Å². The number of rotatable bonds is 13. The highest BCUT2D eigenvalue weighted by atomic mass is 16.6. The summed E-state index contributed by atoms with van der Waals surface area (Å²) in [5.74, 6) is -0.618. The van der Waals surface area contributed by atoms with E-state index in [4.69, 9.17) is 10.5 Å². The van der Waals surface area contributed by atoms with Gasteiger partial charge in [-0.25, -0.2) is 4.79 Å². The van der Waals surface area contributed by atoms with Crippen LogP contribution in [-0.4, -0.2) is 57.2 Å². The number of allylic oxidation sites excluding steroid dienone is 8. The minimum Gasteiger partial charge on any atom is -0.410 e. The molecule has 48 heavy (non-hydrogen) atoms. The fourth-order valence-corrected chi connectivity index (χ4v) is 8.22. The van der Waals surface area contributed by atoms with Crippen LogP contribution >= 0.6 is 0 Å². The summed E-state index contributed by atoms with van der Waals surface area (Å²) in [7, 11) is 0. The summed E-state index contributed by atoms with van der Waals surface area (Å²) in [5, 5.41) is 47.1. The molecule has 0 saturated heterocycles. The topological polar surface area (TPSA) is 162 Å². The molecule has 3 aliphatic rings. The van der Waals surface area contributed by atoms with Crippen molar-refractivity contribution in [3.63, 3.8) is 0 Å². The molecule has 1 spiro atoms. The Morgan fingerprint density at radius 3 is 2.65 bits per heavy atom. The van der Waals surface area contributed by atoms with Crippen molar-refractivity contribution >= 4 is 11.9 Å². The summed E-state index contributed by atoms with van der Waals surface area (Å²) in [6.07, 6.45) is 9.93. The van der Waals surface area contributed by atoms with Crippen molar-refractivity contribution in [2.45, 2.75) is 103 Å². The molecule has 1 aromatic rings. The Hall–Kier alpha value is -3.34. The van der Waals surface area contributed by atoms with Crippen molar-refractivity contribution in [2.75, 3.05) is 13.2 Å². The standard InChI is InChI=1S/C39H54N2O7/c1-24(2)10-6-11-25(3)12-7-14-28(23-43)30-18-20-39(35(30)45)32(16-9-21-42)29(17-19-38(39,5)47)26(4)33(44)22-27-13-8-15-31-34(27)48-37(46)41-36(31)40/h7-8,10,12-15,30,32,35-36,42-43,45,47H,3,6,9,11,16-23,40H2,1-2,4-5H3,(H,41,46). The van der Waals surface area contributed by atoms with Gasteiger partial charge in [0, 0.05) is 35.5 Å². The second kappa shape index (κ2) is 15.9. The highest BCUT2D eigenvalue weighted by Crippen LogP contribution is 2.63. The zero-order chi connectivity index (χ0) is 35.2. The van der Waals surface area contributed by atoms with Crippen LogP contribution in [0.2, 0.25) is 0 Å². The first-order valence-electron chi connectivity index (χ1n) is 17.2. The van der Waals surface area contributed by atoms with Gasteiger partial charge in [-0.15, -0.1) is 0 Å². The zero-order valence-corrected chi connectivity index (χ0v) is 28.9. The summed E-state index contributed by atoms with van der Waals surface area (Å²) < 4.78 is 5.43. The average Bonchev–Trinajstić information content (AvgIpc) is 3.37. The van der Waals surface area contributed by atoms with E-state index in [0.717, 1.165) is 24.0 Å². The fraction of sp³-hybridized carbons (Fsp3) is 0.538. The molecule has 7 N–H and O–H groups in total. The van der Waals surface area contributed by atoms with E-state index in [9.17, 15) is 30.0 Å². The lowest BCUT2D eigenvalue weighted by molar-refractivity contribution is -0.167. The molecule has 4 rings (SSSR count). The minimum absolute atomic E-state index is 0.0108. The van der Waals surface area contributed by atoms with Gasteiger partial charge in [-0.3, -0.25) is 4.79 Å². The first kappa shape index (κ1) is 37.5. The predicted octanol–water partition coefficient (Wildman–Crippen LogP) is 5.64. The molecular weight excluding hydrogens is 608 g/mol. The van der Waals surface area contributed by atoms with Gasteiger partial charge in [-0.05, 0) is 96.1 Å². The zero-order valence-electron chi connectivity index (χ0n) is 28.9. The highest BCUT2D eigenvalue weighted by molar-refractivity contribution is 5.97. The van der Waals surface area contributed by atoms with Crippen LogP contribution in [0.15, 0.2) is 76.9 Å². The van der Waals surface area contributed by atoms with Crippen molar-refractivity contribution in [1.82, 2.24) is 5.32 Å². The smallest absolute Gasteiger partial charge is 0.410 e. The third kappa shape index (κ3) is 7.76. The first-order chi connectivity index (χ1) is 22.8. The maximum atomic E-state index is 13.9. The normalized spacial score (nSPS) is 29.8. The molecule has 2 saturated carbocycles. The predicted molar refractivity (Wildman–Crippen MR) is 187 cm³/mol. The Kier molecular flexibility index (Phi) is 12.4. The summed E-state index contributed by atoms with van der Waals surface area (Å²) in [6.45, 7) is 11.5. The number of carbonyl (C=O) groups excluding carboxylic acids is 2. The van der Waals surface area contributed by atoms with Crippen LogP contribution in [0.25, 0.3) is 0 Å². The molecule has 9 heteroatoms. The Balaban J connectivity index is 1.65. The van der Waals surface area contributed by atoms with Crippen LogP contribution in [0.5, 0.6) is 5.75 Å². The monoisotopic (exact) mass is 662 g/mol. The Labute approximate surface area is 285 Å². The first-order valence-corrected chi connectivity index (χ1v) is 17.2. The van der Waals surface area contributed by atoms with E-state index >= 15 is 0 Å². The van der Waals surface area contributed by atoms with E-state index in [2.05, 4.69) is 31.8 Å². The number of aliphatic hydroxyl groups is 4. The lowest BCUT2D eigenvalue weighted by atomic mass is 9.52. The lowest BCUT2D eigenvalue weighted by Gasteiger charge is -2.55. The Bertz CT molecular complexity index is 1500. The van der Waals surface area contributed by atoms with E-state index in [0.29, 0.717) is 66.5 Å². The van der Waals surface area contributed by atoms with Gasteiger partial charge in [0.05, 0.1) is 18.3 Å². The molecule has 262 valence electrons. The van der Waals surface area contributed by atoms with E-state index in [1.54, 1.807) is 32.0 Å². The molecule has 0 bridgehead atoms. The van der Waals surface area contributed by atoms with Gasteiger partial charge in [0.2, 0.25) is 0 Å². The van der Waals surface area contributed by atoms with Crippen LogP contribution < -0.4 is 15.8 Å². The molecule has 1 aromatic carbocycles. The molecule has 1 amide bonds. The maximum absolute atomic E-state index is 13.9. The van der Waals surface area contributed by atoms with Crippen LogP contribution in [-0.2, 0) is 11.2 Å². The van der Waals surface area contributed by atoms with E-state index in [1.807, 2.05) is 18.2 Å². The second-order valence-corrected chi connectivity index (χ2v) is 14.2. The molecular formula is C39H54N2O7. The largest absolute Gasteiger partial charge is 0.414 e. The van der Waals surface area contributed by atoms with E-state index in [-0.39, 0.29) is 37.3 Å². The number of benzene rings is 1. The van der Waals surface area contributed by atoms with Crippen molar-refractivity contribution in [3.05, 3.63) is 88.1 Å². The van der Waals surface area contributed by atoms with Crippen LogP contribution in [0, 0.1) is 17.3 Å². The van der Waals surface area contributed by atoms with Gasteiger partial charge < -0.3 is 36.2 Å². The van der Waals surface area contributed by atoms with E-state index in [1.165, 1.54) is 5.57 Å². The Morgan fingerprint density at radius 2 is 1.96 bits per heavy atom. The van der Waals surface area contributed by atoms with Gasteiger partial charge >= 0.3 is 6.09 Å². The van der Waals surface area contributed by atoms with Gasteiger partial charge in [0.25, 0.3) is 0 Å². The molecule has 0 aromatic heterocycles. The summed E-state index contributed by atoms with van der Waals surface area (Å²) in [4.78, 5) is 26.0. The third-order valence-electron chi connectivity index (χ3n) is 10.9. The number of Topliss-reactive ketones (excluding diaryl/α,β-unsaturated/α-hetero) is 1. The number of para-hydroxylation sites is 1. The van der Waals surface area contributed by atoms with Gasteiger partial charge in [0.15, 0.2) is 5.78 Å². The van der Waals surface area contributed by atoms with Crippen molar-refractivity contribution in [1.29, 1.82) is 0 Å². The van der Waals surface area contributed by atoms with Gasteiger partial charge in [0.1, 0.15) is 11.9 Å². The SMILES string of the molecule is C=C(C=CC=C(CO)C1CCC2(C(CCCO)C(=C(C)C(=O)Cc3cccc4c3OC(=O)NC4N)CCC2(C)O)C1O)CCC=C(C)C. The third-order valence-corrected chi connectivity index (χ3v) is 10.9. The molecule has 1 heterocycles. The molecule has 0 radical (unpaired) electrons. The number of nitrogens with two attached hydrogens (primary N) is 1. The number of nitrogens with one attached hydrogen (secondary N) is 1. The van der Waals surface area contributed by atoms with Gasteiger partial charge in [-0.1, -0.05) is 65.8 Å². The number of hydrogen-bond donors (Lipinski definition) is 6. The van der Waals surface area contributed by atoms with E-state index < -0.39 is 29.4 Å². The molecule has 6 unspecified atom stereocenters. The number of amides is 1. The number of ketones is 1. The number of hydrogen-bond acceptors (Lipinski definition) is 8. The van der Waals surface area contributed by atoms with Crippen LogP contribution in [0.3, 0.4) is 0 Å². The maximum Gasteiger partial charge on any atom is 0.414 e. The molecule has 2 fully saturated rings. The lowest BCUT2D eigenvalue weighted by Crippen LogP contribution is -2.59. The Morgan fingerprint density at radius 1 is 1.21 bits per heavy atom. The van der Waals surface area contributed by atoms with Gasteiger partial charge in [-0.2, -0.15) is 0 Å². The van der Waals surface area contributed by atoms with Crippen LogP contribution in [0.1, 0.15) is 96.4 Å². The van der Waals surface area contributed by atoms with Crippen molar-refractivity contribution in [3.8, 4) is 5.75 Å². The second-order valence-electron chi connectivity index (χ2n) is 14.2. The van der Waals surface area contributed by atoms with Crippen LogP contribution in [0.4, 0.5) is 4.79 Å². The average molecular weight is 663 g/mol. The molecule has 6 atom stereocenters. The molecule has 2 aliphatic carbocycles. The number of fused-ring (bicyclic) bond motifs is 1. The summed E-state index contributed by atoms with van der Waals surface area (Å²) in [6, 6.07) is 5.28. The quantitative estimate of drug-likeness (QED) is 0.0898. The number of carbonyl (C=O) groups is 2. The highest BCUT2D eigenvalue weighted by Gasteiger charge is 2.64. The fourth-order valence-electron chi connectivity index (χ4n) is 8.22. The molecule has 1 aliphatic heterocycles. The minimum atomic E-state index is -1.25. The number of ether oxygens (including phenoxy) is 1. The molecule has 9 nitrogen and oxygen atoms in total. The summed E-state index contributed by atoms with van der Waals surface area (Å²) in [5.41, 5.74) is 9.33. The number of aliphatic hydroxyl groups excluding tert-OH is 3. The summed E-state index contributed by atoms with van der Waals surface area (Å²) >= 11 is 0.